The first-order valence-corrected chi connectivity index (χ1v) is 8.45. The summed E-state index contributed by atoms with van der Waals surface area (Å²) in [4.78, 5) is 28.3. The lowest BCUT2D eigenvalue weighted by atomic mass is 10.1. The topological polar surface area (TPSA) is 86.8 Å². The Bertz CT molecular complexity index is 802. The second kappa shape index (κ2) is 7.80. The molecule has 0 unspecified atom stereocenters. The molecule has 0 radical (unpaired) electrons. The number of fused-ring (bicyclic) bond motifs is 1. The van der Waals surface area contributed by atoms with Crippen molar-refractivity contribution in [2.45, 2.75) is 0 Å². The van der Waals surface area contributed by atoms with Crippen LogP contribution >= 0.6 is 11.3 Å². The molecule has 0 amide bonds. The zero-order valence-corrected chi connectivity index (χ0v) is 14.1. The van der Waals surface area contributed by atoms with Crippen LogP contribution in [0.2, 0.25) is 0 Å². The van der Waals surface area contributed by atoms with Crippen LogP contribution in [0.5, 0.6) is 11.5 Å². The summed E-state index contributed by atoms with van der Waals surface area (Å²) in [7, 11) is 0. The van der Waals surface area contributed by atoms with E-state index in [1.54, 1.807) is 29.7 Å². The van der Waals surface area contributed by atoms with Crippen molar-refractivity contribution in [1.82, 2.24) is 4.98 Å². The number of esters is 1. The second-order valence-electron chi connectivity index (χ2n) is 5.07. The molecule has 1 aliphatic rings. The van der Waals surface area contributed by atoms with Crippen LogP contribution in [0.25, 0.3) is 0 Å². The molecule has 130 valence electrons. The third-order valence-electron chi connectivity index (χ3n) is 3.31. The first-order chi connectivity index (χ1) is 12.2. The van der Waals surface area contributed by atoms with Crippen molar-refractivity contribution in [3.05, 3.63) is 47.5 Å². The van der Waals surface area contributed by atoms with E-state index in [1.807, 2.05) is 0 Å². The van der Waals surface area contributed by atoms with Gasteiger partial charge in [0.2, 0.25) is 0 Å². The number of carbonyl (C=O) groups is 2. The number of ketones is 1. The molecule has 3 rings (SSSR count). The second-order valence-corrected chi connectivity index (χ2v) is 5.92. The van der Waals surface area contributed by atoms with Crippen molar-refractivity contribution in [1.29, 1.82) is 0 Å². The molecule has 8 heteroatoms. The molecule has 0 saturated heterocycles. The molecule has 0 spiro atoms. The smallest absolute Gasteiger partial charge is 0.358 e. The minimum atomic E-state index is -0.645. The zero-order chi connectivity index (χ0) is 17.6. The first kappa shape index (κ1) is 17.0. The van der Waals surface area contributed by atoms with Gasteiger partial charge in [-0.3, -0.25) is 4.79 Å². The van der Waals surface area contributed by atoms with E-state index in [1.165, 1.54) is 11.3 Å². The van der Waals surface area contributed by atoms with E-state index >= 15 is 0 Å². The largest absolute Gasteiger partial charge is 0.486 e. The molecule has 0 atom stereocenters. The molecule has 1 N–H and O–H groups in total. The summed E-state index contributed by atoms with van der Waals surface area (Å²) in [6.07, 6.45) is 1.69. The lowest BCUT2D eigenvalue weighted by Crippen LogP contribution is -2.17. The van der Waals surface area contributed by atoms with Crippen LogP contribution in [0.15, 0.2) is 36.2 Å². The molecular weight excluding hydrogens is 344 g/mol. The third-order valence-corrected chi connectivity index (χ3v) is 4.11. The number of nitrogens with one attached hydrogen (secondary N) is 1. The minimum absolute atomic E-state index is 0.159. The van der Waals surface area contributed by atoms with Crippen LogP contribution in [0.3, 0.4) is 0 Å². The van der Waals surface area contributed by atoms with Crippen molar-refractivity contribution in [3.8, 4) is 11.5 Å². The fourth-order valence-electron chi connectivity index (χ4n) is 2.11. The molecule has 1 aromatic heterocycles. The number of rotatable bonds is 7. The number of carbonyl (C=O) groups excluding carboxylic acids is 2. The fourth-order valence-corrected chi connectivity index (χ4v) is 2.80. The molecule has 0 aliphatic carbocycles. The normalized spacial score (nSPS) is 12.3. The van der Waals surface area contributed by atoms with E-state index in [9.17, 15) is 9.59 Å². The Morgan fingerprint density at radius 3 is 2.92 bits per heavy atom. The average Bonchev–Trinajstić information content (AvgIpc) is 3.12. The molecule has 1 aromatic carbocycles. The number of Topliss-reactive ketones (excluding diaryl/α,β-unsaturated/α-hetero) is 1. The van der Waals surface area contributed by atoms with Crippen LogP contribution in [0.4, 0.5) is 5.13 Å². The van der Waals surface area contributed by atoms with Gasteiger partial charge in [0.25, 0.3) is 0 Å². The van der Waals surface area contributed by atoms with Gasteiger partial charge in [-0.2, -0.15) is 0 Å². The number of nitrogens with zero attached hydrogens (tertiary/aromatic N) is 1. The summed E-state index contributed by atoms with van der Waals surface area (Å²) in [6, 6.07) is 4.87. The van der Waals surface area contributed by atoms with Gasteiger partial charge >= 0.3 is 5.97 Å². The Labute approximate surface area is 148 Å². The Kier molecular flexibility index (Phi) is 5.30. The van der Waals surface area contributed by atoms with E-state index in [-0.39, 0.29) is 18.1 Å². The highest BCUT2D eigenvalue weighted by atomic mass is 32.1. The van der Waals surface area contributed by atoms with Gasteiger partial charge in [0.05, 0.1) is 0 Å². The van der Waals surface area contributed by atoms with Gasteiger partial charge in [0.1, 0.15) is 13.2 Å². The maximum atomic E-state index is 12.2. The molecule has 2 aromatic rings. The van der Waals surface area contributed by atoms with Gasteiger partial charge < -0.3 is 19.5 Å². The molecule has 25 heavy (non-hydrogen) atoms. The molecule has 0 saturated carbocycles. The molecule has 0 bridgehead atoms. The summed E-state index contributed by atoms with van der Waals surface area (Å²) in [5, 5.41) is 5.14. The van der Waals surface area contributed by atoms with Crippen molar-refractivity contribution in [2.24, 2.45) is 0 Å². The molecule has 1 aliphatic heterocycles. The third kappa shape index (κ3) is 4.16. The summed E-state index contributed by atoms with van der Waals surface area (Å²) in [5.74, 6) is 0.141. The number of ether oxygens (including phenoxy) is 3. The summed E-state index contributed by atoms with van der Waals surface area (Å²) >= 11 is 1.28. The summed E-state index contributed by atoms with van der Waals surface area (Å²) < 4.78 is 15.9. The lowest BCUT2D eigenvalue weighted by Gasteiger charge is -2.18. The van der Waals surface area contributed by atoms with Gasteiger partial charge in [-0.15, -0.1) is 17.9 Å². The molecule has 7 nitrogen and oxygen atoms in total. The number of hydrogen-bond acceptors (Lipinski definition) is 8. The van der Waals surface area contributed by atoms with Gasteiger partial charge in [0.15, 0.2) is 34.7 Å². The van der Waals surface area contributed by atoms with Gasteiger partial charge in [-0.05, 0) is 18.2 Å². The highest BCUT2D eigenvalue weighted by Gasteiger charge is 2.18. The van der Waals surface area contributed by atoms with Crippen LogP contribution < -0.4 is 14.8 Å². The van der Waals surface area contributed by atoms with Crippen molar-refractivity contribution < 1.29 is 23.8 Å². The minimum Gasteiger partial charge on any atom is -0.486 e. The van der Waals surface area contributed by atoms with Crippen LogP contribution in [0.1, 0.15) is 20.8 Å². The monoisotopic (exact) mass is 360 g/mol. The molecule has 2 heterocycles. The van der Waals surface area contributed by atoms with E-state index in [0.717, 1.165) is 0 Å². The van der Waals surface area contributed by atoms with E-state index in [4.69, 9.17) is 14.2 Å². The van der Waals surface area contributed by atoms with Crippen LogP contribution in [-0.2, 0) is 4.74 Å². The highest BCUT2D eigenvalue weighted by Crippen LogP contribution is 2.30. The van der Waals surface area contributed by atoms with E-state index in [2.05, 4.69) is 16.9 Å². The van der Waals surface area contributed by atoms with Crippen molar-refractivity contribution in [3.63, 3.8) is 0 Å². The maximum Gasteiger partial charge on any atom is 0.358 e. The Morgan fingerprint density at radius 2 is 2.12 bits per heavy atom. The SMILES string of the molecule is C=CCNc1nc(C(=O)OCC(=O)c2ccc3c(c2)OCCO3)cs1. The Morgan fingerprint density at radius 1 is 1.32 bits per heavy atom. The van der Waals surface area contributed by atoms with Gasteiger partial charge in [0, 0.05) is 17.5 Å². The Hall–Kier alpha value is -2.87. The highest BCUT2D eigenvalue weighted by molar-refractivity contribution is 7.13. The van der Waals surface area contributed by atoms with E-state index in [0.29, 0.717) is 42.0 Å². The predicted octanol–water partition coefficient (Wildman–Crippen LogP) is 2.55. The van der Waals surface area contributed by atoms with E-state index < -0.39 is 5.97 Å². The Balaban J connectivity index is 1.57. The van der Waals surface area contributed by atoms with Crippen LogP contribution in [0, 0.1) is 0 Å². The van der Waals surface area contributed by atoms with Crippen molar-refractivity contribution in [2.75, 3.05) is 31.7 Å². The van der Waals surface area contributed by atoms with Crippen LogP contribution in [-0.4, -0.2) is 43.1 Å². The lowest BCUT2D eigenvalue weighted by molar-refractivity contribution is 0.0469. The number of benzene rings is 1. The van der Waals surface area contributed by atoms with Gasteiger partial charge in [-0.25, -0.2) is 9.78 Å². The fraction of sp³-hybridized carbons (Fsp3) is 0.235. The van der Waals surface area contributed by atoms with Crippen molar-refractivity contribution >= 4 is 28.2 Å². The summed E-state index contributed by atoms with van der Waals surface area (Å²) in [5.41, 5.74) is 0.551. The number of anilines is 1. The summed E-state index contributed by atoms with van der Waals surface area (Å²) in [6.45, 7) is 4.68. The molecular formula is C17H16N2O5S. The number of aromatic nitrogens is 1. The standard InChI is InChI=1S/C17H16N2O5S/c1-2-5-18-17-19-12(10-25-17)16(21)24-9-13(20)11-3-4-14-15(8-11)23-7-6-22-14/h2-4,8,10H,1,5-7,9H2,(H,18,19). The zero-order valence-electron chi connectivity index (χ0n) is 13.3. The maximum absolute atomic E-state index is 12.2. The number of thiazole rings is 1. The average molecular weight is 360 g/mol. The number of hydrogen-bond donors (Lipinski definition) is 1. The predicted molar refractivity (Wildman–Crippen MR) is 92.8 cm³/mol. The first-order valence-electron chi connectivity index (χ1n) is 7.57. The quantitative estimate of drug-likeness (QED) is 0.461. The van der Waals surface area contributed by atoms with Gasteiger partial charge in [-0.1, -0.05) is 6.08 Å². The molecule has 0 fully saturated rings.